The fourth-order valence-corrected chi connectivity index (χ4v) is 2.64. The number of nitrogens with one attached hydrogen (secondary N) is 1. The van der Waals surface area contributed by atoms with Crippen molar-refractivity contribution in [1.82, 2.24) is 15.1 Å². The number of rotatable bonds is 7. The molecule has 0 radical (unpaired) electrons. The minimum absolute atomic E-state index is 1.08. The second-order valence-electron chi connectivity index (χ2n) is 5.30. The lowest BCUT2D eigenvalue weighted by Gasteiger charge is -2.28. The molecule has 1 N–H and O–H groups in total. The number of hydrogen-bond donors (Lipinski definition) is 1. The Morgan fingerprint density at radius 1 is 1.16 bits per heavy atom. The molecule has 0 amide bonds. The summed E-state index contributed by atoms with van der Waals surface area (Å²) < 4.78 is 0. The van der Waals surface area contributed by atoms with Crippen LogP contribution in [0.2, 0.25) is 0 Å². The van der Waals surface area contributed by atoms with E-state index in [-0.39, 0.29) is 0 Å². The normalized spacial score (nSPS) is 16.9. The monoisotopic (exact) mass is 261 g/mol. The quantitative estimate of drug-likeness (QED) is 0.807. The highest BCUT2D eigenvalue weighted by Gasteiger charge is 2.09. The molecule has 0 bridgehead atoms. The van der Waals surface area contributed by atoms with Crippen molar-refractivity contribution >= 4 is 0 Å². The highest BCUT2D eigenvalue weighted by molar-refractivity contribution is 5.14. The lowest BCUT2D eigenvalue weighted by atomic mass is 10.2. The van der Waals surface area contributed by atoms with E-state index in [0.29, 0.717) is 0 Å². The van der Waals surface area contributed by atoms with E-state index in [1.807, 2.05) is 0 Å². The number of hydrogen-bond acceptors (Lipinski definition) is 3. The first-order valence-corrected chi connectivity index (χ1v) is 7.58. The van der Waals surface area contributed by atoms with Crippen molar-refractivity contribution in [2.75, 3.05) is 45.8 Å². The van der Waals surface area contributed by atoms with Crippen LogP contribution in [0.5, 0.6) is 0 Å². The fourth-order valence-electron chi connectivity index (χ4n) is 2.64. The second kappa shape index (κ2) is 8.31. The second-order valence-corrected chi connectivity index (χ2v) is 5.30. The van der Waals surface area contributed by atoms with E-state index >= 15 is 0 Å². The van der Waals surface area contributed by atoms with Crippen LogP contribution in [-0.4, -0.2) is 55.6 Å². The summed E-state index contributed by atoms with van der Waals surface area (Å²) in [6.07, 6.45) is 1.28. The zero-order valence-electron chi connectivity index (χ0n) is 12.1. The van der Waals surface area contributed by atoms with E-state index < -0.39 is 0 Å². The van der Waals surface area contributed by atoms with Gasteiger partial charge in [-0.15, -0.1) is 0 Å². The first-order valence-electron chi connectivity index (χ1n) is 7.58. The van der Waals surface area contributed by atoms with Crippen molar-refractivity contribution in [3.8, 4) is 0 Å². The van der Waals surface area contributed by atoms with Crippen LogP contribution >= 0.6 is 0 Å². The van der Waals surface area contributed by atoms with Crippen molar-refractivity contribution in [2.24, 2.45) is 0 Å². The maximum absolute atomic E-state index is 3.41. The van der Waals surface area contributed by atoms with Crippen molar-refractivity contribution in [3.63, 3.8) is 0 Å². The molecule has 1 heterocycles. The molecule has 19 heavy (non-hydrogen) atoms. The molecule has 3 heteroatoms. The molecular weight excluding hydrogens is 234 g/mol. The molecule has 0 atom stereocenters. The summed E-state index contributed by atoms with van der Waals surface area (Å²) in [5.74, 6) is 0. The Kier molecular flexibility index (Phi) is 6.34. The molecule has 106 valence electrons. The standard InChI is InChI=1S/C16H27N3/c1-2-18(15-16-7-4-3-5-8-16)11-6-12-19-13-9-17-10-14-19/h3-5,7-8,17H,2,6,9-15H2,1H3. The van der Waals surface area contributed by atoms with Gasteiger partial charge in [0.05, 0.1) is 0 Å². The van der Waals surface area contributed by atoms with Gasteiger partial charge in [0.2, 0.25) is 0 Å². The van der Waals surface area contributed by atoms with E-state index in [2.05, 4.69) is 52.4 Å². The summed E-state index contributed by atoms with van der Waals surface area (Å²) in [6.45, 7) is 11.7. The van der Waals surface area contributed by atoms with Gasteiger partial charge in [-0.25, -0.2) is 0 Å². The minimum Gasteiger partial charge on any atom is -0.314 e. The van der Waals surface area contributed by atoms with Crippen LogP contribution in [0.3, 0.4) is 0 Å². The Morgan fingerprint density at radius 2 is 1.89 bits per heavy atom. The van der Waals surface area contributed by atoms with Crippen LogP contribution in [0.1, 0.15) is 18.9 Å². The van der Waals surface area contributed by atoms with E-state index in [1.165, 1.54) is 38.2 Å². The van der Waals surface area contributed by atoms with Crippen molar-refractivity contribution < 1.29 is 0 Å². The average Bonchev–Trinajstić information content (AvgIpc) is 2.48. The molecule has 0 aliphatic carbocycles. The number of piperazine rings is 1. The minimum atomic E-state index is 1.08. The Balaban J connectivity index is 1.67. The Bertz CT molecular complexity index is 333. The summed E-state index contributed by atoms with van der Waals surface area (Å²) in [6, 6.07) is 10.8. The zero-order chi connectivity index (χ0) is 13.3. The van der Waals surface area contributed by atoms with Gasteiger partial charge in [-0.3, -0.25) is 4.90 Å². The molecule has 1 aliphatic rings. The average molecular weight is 261 g/mol. The summed E-state index contributed by atoms with van der Waals surface area (Å²) in [7, 11) is 0. The topological polar surface area (TPSA) is 18.5 Å². The summed E-state index contributed by atoms with van der Waals surface area (Å²) in [5, 5.41) is 3.41. The molecule has 3 nitrogen and oxygen atoms in total. The van der Waals surface area contributed by atoms with Crippen molar-refractivity contribution in [1.29, 1.82) is 0 Å². The van der Waals surface area contributed by atoms with Gasteiger partial charge in [-0.05, 0) is 31.6 Å². The third kappa shape index (κ3) is 5.31. The lowest BCUT2D eigenvalue weighted by Crippen LogP contribution is -2.44. The van der Waals surface area contributed by atoms with Gasteiger partial charge in [0.1, 0.15) is 0 Å². The van der Waals surface area contributed by atoms with E-state index in [4.69, 9.17) is 0 Å². The third-order valence-corrected chi connectivity index (χ3v) is 3.85. The van der Waals surface area contributed by atoms with Crippen LogP contribution in [-0.2, 0) is 6.54 Å². The predicted molar refractivity (Wildman–Crippen MR) is 81.3 cm³/mol. The number of nitrogens with zero attached hydrogens (tertiary/aromatic N) is 2. The SMILES string of the molecule is CCN(CCCN1CCNCC1)Cc1ccccc1. The molecule has 1 fully saturated rings. The van der Waals surface area contributed by atoms with Gasteiger partial charge in [0.15, 0.2) is 0 Å². The van der Waals surface area contributed by atoms with Crippen molar-refractivity contribution in [2.45, 2.75) is 19.9 Å². The summed E-state index contributed by atoms with van der Waals surface area (Å²) in [5.41, 5.74) is 1.42. The highest BCUT2D eigenvalue weighted by atomic mass is 15.2. The van der Waals surface area contributed by atoms with Crippen molar-refractivity contribution in [3.05, 3.63) is 35.9 Å². The first-order chi connectivity index (χ1) is 9.38. The van der Waals surface area contributed by atoms with Crippen LogP contribution in [0.4, 0.5) is 0 Å². The van der Waals surface area contributed by atoms with Gasteiger partial charge < -0.3 is 10.2 Å². The molecule has 1 aromatic rings. The Hall–Kier alpha value is -0.900. The molecule has 1 aliphatic heterocycles. The molecule has 1 aromatic carbocycles. The lowest BCUT2D eigenvalue weighted by molar-refractivity contribution is 0.210. The highest BCUT2D eigenvalue weighted by Crippen LogP contribution is 2.05. The molecule has 0 aromatic heterocycles. The molecule has 0 spiro atoms. The largest absolute Gasteiger partial charge is 0.314 e. The van der Waals surface area contributed by atoms with Gasteiger partial charge in [0.25, 0.3) is 0 Å². The summed E-state index contributed by atoms with van der Waals surface area (Å²) in [4.78, 5) is 5.12. The van der Waals surface area contributed by atoms with Gasteiger partial charge >= 0.3 is 0 Å². The van der Waals surface area contributed by atoms with Crippen LogP contribution in [0, 0.1) is 0 Å². The molecule has 0 saturated carbocycles. The predicted octanol–water partition coefficient (Wildman–Crippen LogP) is 1.80. The van der Waals surface area contributed by atoms with Gasteiger partial charge in [-0.2, -0.15) is 0 Å². The van der Waals surface area contributed by atoms with Gasteiger partial charge in [-0.1, -0.05) is 37.3 Å². The maximum atomic E-state index is 3.41. The molecule has 2 rings (SSSR count). The zero-order valence-corrected chi connectivity index (χ0v) is 12.1. The smallest absolute Gasteiger partial charge is 0.0233 e. The van der Waals surface area contributed by atoms with E-state index in [0.717, 1.165) is 26.2 Å². The summed E-state index contributed by atoms with van der Waals surface area (Å²) >= 11 is 0. The van der Waals surface area contributed by atoms with E-state index in [1.54, 1.807) is 0 Å². The fraction of sp³-hybridized carbons (Fsp3) is 0.625. The van der Waals surface area contributed by atoms with Gasteiger partial charge in [0, 0.05) is 32.7 Å². The molecule has 0 unspecified atom stereocenters. The first kappa shape index (κ1) is 14.5. The van der Waals surface area contributed by atoms with Crippen LogP contribution < -0.4 is 5.32 Å². The van der Waals surface area contributed by atoms with E-state index in [9.17, 15) is 0 Å². The van der Waals surface area contributed by atoms with Crippen LogP contribution in [0.25, 0.3) is 0 Å². The maximum Gasteiger partial charge on any atom is 0.0233 e. The number of benzene rings is 1. The molecule has 1 saturated heterocycles. The van der Waals surface area contributed by atoms with Crippen LogP contribution in [0.15, 0.2) is 30.3 Å². The Labute approximate surface area is 117 Å². The Morgan fingerprint density at radius 3 is 2.58 bits per heavy atom. The molecular formula is C16H27N3. The third-order valence-electron chi connectivity index (χ3n) is 3.85.